The summed E-state index contributed by atoms with van der Waals surface area (Å²) in [6.07, 6.45) is 0. The number of benzene rings is 1. The summed E-state index contributed by atoms with van der Waals surface area (Å²) in [5.74, 6) is -1.38. The van der Waals surface area contributed by atoms with Crippen molar-refractivity contribution in [3.63, 3.8) is 0 Å². The van der Waals surface area contributed by atoms with Gasteiger partial charge < -0.3 is 10.2 Å². The molecule has 5 heteroatoms. The fourth-order valence-electron chi connectivity index (χ4n) is 1.15. The van der Waals surface area contributed by atoms with Gasteiger partial charge in [-0.05, 0) is 5.56 Å². The number of aliphatic hydroxyl groups is 1. The lowest BCUT2D eigenvalue weighted by atomic mass is 10.2. The molecule has 0 bridgehead atoms. The maximum Gasteiger partial charge on any atom is 0.326 e. The Balaban J connectivity index is 2.62. The molecule has 0 spiro atoms. The Kier molecular flexibility index (Phi) is 4.20. The van der Waals surface area contributed by atoms with Gasteiger partial charge in [-0.25, -0.2) is 0 Å². The molecule has 4 nitrogen and oxygen atoms in total. The Morgan fingerprint density at radius 3 is 2.47 bits per heavy atom. The second-order valence-corrected chi connectivity index (χ2v) is 3.08. The molecule has 1 rings (SSSR count). The molecule has 0 aliphatic heterocycles. The number of aliphatic carboxylic acids is 1. The third-order valence-electron chi connectivity index (χ3n) is 1.97. The molecular formula is C10H12FNO3. The highest BCUT2D eigenvalue weighted by Crippen LogP contribution is 2.08. The molecule has 0 aliphatic rings. The zero-order valence-corrected chi connectivity index (χ0v) is 8.01. The van der Waals surface area contributed by atoms with Crippen LogP contribution in [0.15, 0.2) is 30.3 Å². The van der Waals surface area contributed by atoms with Crippen molar-refractivity contribution in [3.05, 3.63) is 35.9 Å². The van der Waals surface area contributed by atoms with Crippen LogP contribution in [0.4, 0.5) is 4.48 Å². The number of aliphatic hydroxyl groups excluding tert-OH is 1. The second-order valence-electron chi connectivity index (χ2n) is 3.08. The van der Waals surface area contributed by atoms with Crippen LogP contribution in [-0.2, 0) is 11.3 Å². The highest BCUT2D eigenvalue weighted by Gasteiger charge is 2.24. The minimum Gasteiger partial charge on any atom is -0.480 e. The first-order chi connectivity index (χ1) is 7.15. The highest BCUT2D eigenvalue weighted by atomic mass is 19.2. The molecule has 0 aromatic heterocycles. The molecule has 1 atom stereocenters. The van der Waals surface area contributed by atoms with Crippen molar-refractivity contribution in [2.45, 2.75) is 12.6 Å². The molecule has 0 saturated heterocycles. The molecular weight excluding hydrogens is 201 g/mol. The van der Waals surface area contributed by atoms with Crippen LogP contribution in [-0.4, -0.2) is 34.0 Å². The van der Waals surface area contributed by atoms with Gasteiger partial charge in [0.25, 0.3) is 0 Å². The molecule has 0 saturated carbocycles. The van der Waals surface area contributed by atoms with Crippen LogP contribution in [0.2, 0.25) is 0 Å². The molecule has 82 valence electrons. The van der Waals surface area contributed by atoms with Crippen molar-refractivity contribution in [2.75, 3.05) is 6.61 Å². The number of carbonyl (C=O) groups is 1. The second kappa shape index (κ2) is 5.43. The third-order valence-corrected chi connectivity index (χ3v) is 1.97. The SMILES string of the molecule is O=C(O)C(CO)N(F)Cc1ccccc1. The largest absolute Gasteiger partial charge is 0.480 e. The summed E-state index contributed by atoms with van der Waals surface area (Å²) < 4.78 is 13.3. The van der Waals surface area contributed by atoms with E-state index < -0.39 is 18.6 Å². The molecule has 1 unspecified atom stereocenters. The first-order valence-corrected chi connectivity index (χ1v) is 4.45. The predicted molar refractivity (Wildman–Crippen MR) is 51.6 cm³/mol. The van der Waals surface area contributed by atoms with Crippen LogP contribution < -0.4 is 0 Å². The Morgan fingerprint density at radius 1 is 1.40 bits per heavy atom. The minimum atomic E-state index is -1.51. The van der Waals surface area contributed by atoms with E-state index in [0.29, 0.717) is 5.56 Å². The smallest absolute Gasteiger partial charge is 0.326 e. The minimum absolute atomic E-state index is 0.109. The molecule has 0 amide bonds. The monoisotopic (exact) mass is 213 g/mol. The first kappa shape index (κ1) is 11.6. The van der Waals surface area contributed by atoms with E-state index in [0.717, 1.165) is 0 Å². The Bertz CT molecular complexity index is 318. The topological polar surface area (TPSA) is 60.8 Å². The van der Waals surface area contributed by atoms with Gasteiger partial charge in [-0.15, -0.1) is 9.60 Å². The molecule has 1 aromatic carbocycles. The zero-order valence-electron chi connectivity index (χ0n) is 8.01. The van der Waals surface area contributed by atoms with Crippen molar-refractivity contribution >= 4 is 5.97 Å². The van der Waals surface area contributed by atoms with Gasteiger partial charge in [-0.3, -0.25) is 4.79 Å². The number of rotatable bonds is 5. The van der Waals surface area contributed by atoms with Gasteiger partial charge in [0, 0.05) is 0 Å². The Morgan fingerprint density at radius 2 is 2.00 bits per heavy atom. The van der Waals surface area contributed by atoms with Crippen molar-refractivity contribution in [2.24, 2.45) is 0 Å². The van der Waals surface area contributed by atoms with Gasteiger partial charge in [0.05, 0.1) is 13.2 Å². The van der Waals surface area contributed by atoms with Gasteiger partial charge >= 0.3 is 5.97 Å². The van der Waals surface area contributed by atoms with Gasteiger partial charge in [0.2, 0.25) is 0 Å². The van der Waals surface area contributed by atoms with E-state index in [1.54, 1.807) is 30.3 Å². The molecule has 0 radical (unpaired) electrons. The van der Waals surface area contributed by atoms with E-state index in [4.69, 9.17) is 10.2 Å². The lowest BCUT2D eigenvalue weighted by Crippen LogP contribution is -2.38. The summed E-state index contributed by atoms with van der Waals surface area (Å²) >= 11 is 0. The number of carboxylic acid groups (broad SMARTS) is 1. The maximum absolute atomic E-state index is 13.3. The molecule has 15 heavy (non-hydrogen) atoms. The highest BCUT2D eigenvalue weighted by molar-refractivity contribution is 5.73. The Labute approximate surface area is 86.5 Å². The maximum atomic E-state index is 13.3. The number of nitrogens with zero attached hydrogens (tertiary/aromatic N) is 1. The Hall–Kier alpha value is -1.46. The number of hydrogen-bond donors (Lipinski definition) is 2. The van der Waals surface area contributed by atoms with Crippen LogP contribution >= 0.6 is 0 Å². The molecule has 0 heterocycles. The quantitative estimate of drug-likeness (QED) is 0.711. The molecule has 0 fully saturated rings. The van der Waals surface area contributed by atoms with Crippen molar-refractivity contribution in [1.82, 2.24) is 5.12 Å². The summed E-state index contributed by atoms with van der Waals surface area (Å²) in [6.45, 7) is -0.906. The average molecular weight is 213 g/mol. The van der Waals surface area contributed by atoms with E-state index in [1.165, 1.54) is 0 Å². The average Bonchev–Trinajstić information content (AvgIpc) is 2.19. The predicted octanol–water partition coefficient (Wildman–Crippen LogP) is 0.819. The van der Waals surface area contributed by atoms with Gasteiger partial charge in [0.1, 0.15) is 0 Å². The van der Waals surface area contributed by atoms with Crippen LogP contribution in [0.1, 0.15) is 5.56 Å². The fourth-order valence-corrected chi connectivity index (χ4v) is 1.15. The number of carboxylic acids is 1. The zero-order chi connectivity index (χ0) is 11.3. The van der Waals surface area contributed by atoms with Crippen molar-refractivity contribution in [3.8, 4) is 0 Å². The number of halogens is 1. The summed E-state index contributed by atoms with van der Waals surface area (Å²) in [5.41, 5.74) is 0.653. The van der Waals surface area contributed by atoms with Crippen LogP contribution in [0.3, 0.4) is 0 Å². The normalized spacial score (nSPS) is 12.7. The molecule has 0 aliphatic carbocycles. The van der Waals surface area contributed by atoms with Crippen LogP contribution in [0.25, 0.3) is 0 Å². The van der Waals surface area contributed by atoms with Crippen molar-refractivity contribution < 1.29 is 19.5 Å². The van der Waals surface area contributed by atoms with E-state index in [-0.39, 0.29) is 11.7 Å². The van der Waals surface area contributed by atoms with Gasteiger partial charge in [-0.2, -0.15) is 0 Å². The van der Waals surface area contributed by atoms with E-state index in [9.17, 15) is 9.28 Å². The first-order valence-electron chi connectivity index (χ1n) is 4.45. The summed E-state index contributed by atoms with van der Waals surface area (Å²) in [4.78, 5) is 10.5. The van der Waals surface area contributed by atoms with Crippen LogP contribution in [0, 0.1) is 0 Å². The standard InChI is InChI=1S/C10H12FNO3/c11-12(9(7-13)10(14)15)6-8-4-2-1-3-5-8/h1-5,9,13H,6-7H2,(H,14,15). The summed E-state index contributed by atoms with van der Waals surface area (Å²) in [6, 6.07) is 7.11. The van der Waals surface area contributed by atoms with Gasteiger partial charge in [-0.1, -0.05) is 30.3 Å². The summed E-state index contributed by atoms with van der Waals surface area (Å²) in [7, 11) is 0. The van der Waals surface area contributed by atoms with Crippen molar-refractivity contribution in [1.29, 1.82) is 0 Å². The lowest BCUT2D eigenvalue weighted by molar-refractivity contribution is -0.155. The fraction of sp³-hybridized carbons (Fsp3) is 0.300. The van der Waals surface area contributed by atoms with E-state index >= 15 is 0 Å². The third kappa shape index (κ3) is 3.30. The molecule has 1 aromatic rings. The lowest BCUT2D eigenvalue weighted by Gasteiger charge is -2.17. The van der Waals surface area contributed by atoms with E-state index in [1.807, 2.05) is 0 Å². The van der Waals surface area contributed by atoms with E-state index in [2.05, 4.69) is 0 Å². The molecule has 2 N–H and O–H groups in total. The van der Waals surface area contributed by atoms with Crippen LogP contribution in [0.5, 0.6) is 0 Å². The summed E-state index contributed by atoms with van der Waals surface area (Å²) in [5, 5.41) is 17.4. The van der Waals surface area contributed by atoms with Gasteiger partial charge in [0.15, 0.2) is 6.04 Å². The number of hydrogen-bond acceptors (Lipinski definition) is 3.